The molecule has 0 unspecified atom stereocenters. The maximum Gasteiger partial charge on any atom is 0.0717 e. The van der Waals surface area contributed by atoms with Gasteiger partial charge in [-0.2, -0.15) is 0 Å². The molecule has 0 fully saturated rings. The highest BCUT2D eigenvalue weighted by atomic mass is 32.3. The standard InChI is InChI=1S/C14H18O2S8/c1-7(15)5-19-11-12(20-6-8(2)16)24-14(23-11)13-21-9-10(22-13)18-4-3-17-9/h7-8,15-16H,3-6H2,1-2H3/t7-,8-/m1/s1. The molecule has 0 radical (unpaired) electrons. The Morgan fingerprint density at radius 3 is 1.58 bits per heavy atom. The Kier molecular flexibility index (Phi) is 8.55. The molecular formula is C14H18O2S8. The molecule has 0 spiro atoms. The van der Waals surface area contributed by atoms with Gasteiger partial charge in [0.2, 0.25) is 0 Å². The van der Waals surface area contributed by atoms with Crippen LogP contribution in [-0.2, 0) is 0 Å². The number of thioether (sulfide) groups is 8. The van der Waals surface area contributed by atoms with Gasteiger partial charge in [-0.25, -0.2) is 0 Å². The van der Waals surface area contributed by atoms with Gasteiger partial charge in [-0.3, -0.25) is 0 Å². The van der Waals surface area contributed by atoms with Crippen molar-refractivity contribution in [1.29, 1.82) is 0 Å². The Hall–Kier alpha value is 1.94. The number of aliphatic hydroxyl groups excluding tert-OH is 2. The van der Waals surface area contributed by atoms with Crippen molar-refractivity contribution in [1.82, 2.24) is 0 Å². The first kappa shape index (κ1) is 20.7. The van der Waals surface area contributed by atoms with Crippen molar-refractivity contribution in [3.63, 3.8) is 0 Å². The molecule has 24 heavy (non-hydrogen) atoms. The minimum Gasteiger partial charge on any atom is -0.393 e. The van der Waals surface area contributed by atoms with E-state index in [9.17, 15) is 10.2 Å². The molecule has 2 atom stereocenters. The smallest absolute Gasteiger partial charge is 0.0717 e. The largest absolute Gasteiger partial charge is 0.393 e. The summed E-state index contributed by atoms with van der Waals surface area (Å²) in [6.07, 6.45) is -0.602. The zero-order valence-corrected chi connectivity index (χ0v) is 19.7. The molecule has 3 aliphatic rings. The average Bonchev–Trinajstić information content (AvgIpc) is 3.14. The van der Waals surface area contributed by atoms with Gasteiger partial charge in [0, 0.05) is 23.0 Å². The van der Waals surface area contributed by atoms with Crippen molar-refractivity contribution in [3.05, 3.63) is 25.4 Å². The molecule has 10 heteroatoms. The summed E-state index contributed by atoms with van der Waals surface area (Å²) in [7, 11) is 0. The predicted molar refractivity (Wildman–Crippen MR) is 125 cm³/mol. The molecule has 0 saturated carbocycles. The van der Waals surface area contributed by atoms with E-state index in [4.69, 9.17) is 0 Å². The van der Waals surface area contributed by atoms with Crippen molar-refractivity contribution in [2.75, 3.05) is 23.0 Å². The fourth-order valence-corrected chi connectivity index (χ4v) is 13.6. The van der Waals surface area contributed by atoms with Gasteiger partial charge in [-0.15, -0.1) is 47.0 Å². The minimum atomic E-state index is -0.301. The summed E-state index contributed by atoms with van der Waals surface area (Å²) >= 11 is 15.0. The Bertz CT molecular complexity index is 535. The topological polar surface area (TPSA) is 40.5 Å². The van der Waals surface area contributed by atoms with E-state index < -0.39 is 0 Å². The highest BCUT2D eigenvalue weighted by Crippen LogP contribution is 2.66. The van der Waals surface area contributed by atoms with Crippen LogP contribution in [0.25, 0.3) is 0 Å². The van der Waals surface area contributed by atoms with E-state index in [1.54, 1.807) is 23.5 Å². The van der Waals surface area contributed by atoms with Gasteiger partial charge in [0.05, 0.1) is 37.6 Å². The molecule has 0 aromatic heterocycles. The third kappa shape index (κ3) is 5.72. The lowest BCUT2D eigenvalue weighted by Crippen LogP contribution is -2.03. The maximum atomic E-state index is 9.60. The molecule has 0 bridgehead atoms. The van der Waals surface area contributed by atoms with Crippen LogP contribution in [0.4, 0.5) is 0 Å². The molecule has 2 N–H and O–H groups in total. The quantitative estimate of drug-likeness (QED) is 0.476. The molecule has 3 heterocycles. The maximum absolute atomic E-state index is 9.60. The lowest BCUT2D eigenvalue weighted by Gasteiger charge is -2.08. The lowest BCUT2D eigenvalue weighted by molar-refractivity contribution is 0.220. The van der Waals surface area contributed by atoms with E-state index in [-0.39, 0.29) is 12.2 Å². The van der Waals surface area contributed by atoms with Crippen LogP contribution in [-0.4, -0.2) is 45.4 Å². The number of aliphatic hydroxyl groups is 2. The van der Waals surface area contributed by atoms with Gasteiger partial charge in [0.15, 0.2) is 0 Å². The summed E-state index contributed by atoms with van der Waals surface area (Å²) in [5.41, 5.74) is 0. The first-order valence-corrected chi connectivity index (χ1v) is 14.6. The summed E-state index contributed by atoms with van der Waals surface area (Å²) in [6, 6.07) is 0. The Labute approximate surface area is 177 Å². The summed E-state index contributed by atoms with van der Waals surface area (Å²) in [5, 5.41) is 19.2. The van der Waals surface area contributed by atoms with E-state index in [1.807, 2.05) is 84.4 Å². The van der Waals surface area contributed by atoms with E-state index in [2.05, 4.69) is 0 Å². The monoisotopic (exact) mass is 474 g/mol. The molecular weight excluding hydrogens is 457 g/mol. The molecule has 0 aliphatic carbocycles. The highest BCUT2D eigenvalue weighted by molar-refractivity contribution is 8.45. The normalized spacial score (nSPS) is 24.0. The van der Waals surface area contributed by atoms with Crippen molar-refractivity contribution in [2.45, 2.75) is 26.1 Å². The highest BCUT2D eigenvalue weighted by Gasteiger charge is 2.32. The minimum absolute atomic E-state index is 0.301. The second-order valence-corrected chi connectivity index (χ2v) is 15.1. The third-order valence-corrected chi connectivity index (χ3v) is 15.0. The van der Waals surface area contributed by atoms with Crippen LogP contribution in [0.2, 0.25) is 0 Å². The van der Waals surface area contributed by atoms with Crippen molar-refractivity contribution in [3.8, 4) is 0 Å². The first-order valence-electron chi connectivity index (χ1n) is 7.34. The molecule has 3 aliphatic heterocycles. The summed E-state index contributed by atoms with van der Waals surface area (Å²) in [4.78, 5) is 0. The van der Waals surface area contributed by atoms with Crippen LogP contribution in [0.1, 0.15) is 13.8 Å². The van der Waals surface area contributed by atoms with Gasteiger partial charge in [-0.05, 0) is 13.8 Å². The van der Waals surface area contributed by atoms with Crippen molar-refractivity contribution >= 4 is 94.1 Å². The Balaban J connectivity index is 1.69. The van der Waals surface area contributed by atoms with Crippen LogP contribution in [0.15, 0.2) is 25.4 Å². The molecule has 0 amide bonds. The van der Waals surface area contributed by atoms with E-state index in [0.717, 1.165) is 0 Å². The number of hydrogen-bond donors (Lipinski definition) is 2. The second-order valence-electron chi connectivity index (χ2n) is 5.15. The molecule has 2 nitrogen and oxygen atoms in total. The van der Waals surface area contributed by atoms with Crippen LogP contribution >= 0.6 is 94.1 Å². The fraction of sp³-hybridized carbons (Fsp3) is 0.571. The van der Waals surface area contributed by atoms with Gasteiger partial charge in [0.25, 0.3) is 0 Å². The van der Waals surface area contributed by atoms with Crippen LogP contribution in [0.3, 0.4) is 0 Å². The molecule has 0 saturated heterocycles. The third-order valence-electron chi connectivity index (χ3n) is 2.70. The van der Waals surface area contributed by atoms with Crippen molar-refractivity contribution < 1.29 is 10.2 Å². The van der Waals surface area contributed by atoms with E-state index in [0.29, 0.717) is 11.5 Å². The predicted octanol–water partition coefficient (Wildman–Crippen LogP) is 6.03. The molecule has 3 rings (SSSR count). The zero-order chi connectivity index (χ0) is 17.1. The first-order chi connectivity index (χ1) is 11.5. The van der Waals surface area contributed by atoms with Crippen molar-refractivity contribution in [2.24, 2.45) is 0 Å². The fourth-order valence-electron chi connectivity index (χ4n) is 1.73. The summed E-state index contributed by atoms with van der Waals surface area (Å²) in [6.45, 7) is 3.66. The van der Waals surface area contributed by atoms with E-state index in [1.165, 1.54) is 36.9 Å². The van der Waals surface area contributed by atoms with Gasteiger partial charge >= 0.3 is 0 Å². The van der Waals surface area contributed by atoms with E-state index >= 15 is 0 Å². The number of hydrogen-bond acceptors (Lipinski definition) is 10. The second kappa shape index (κ2) is 9.93. The summed E-state index contributed by atoms with van der Waals surface area (Å²) in [5.74, 6) is 3.85. The Morgan fingerprint density at radius 2 is 1.17 bits per heavy atom. The number of rotatable bonds is 6. The van der Waals surface area contributed by atoms with Gasteiger partial charge < -0.3 is 10.2 Å². The van der Waals surface area contributed by atoms with Gasteiger partial charge in [-0.1, -0.05) is 47.0 Å². The summed E-state index contributed by atoms with van der Waals surface area (Å²) < 4.78 is 8.27. The van der Waals surface area contributed by atoms with Crippen LogP contribution in [0.5, 0.6) is 0 Å². The Morgan fingerprint density at radius 1 is 0.750 bits per heavy atom. The zero-order valence-electron chi connectivity index (χ0n) is 13.1. The average molecular weight is 475 g/mol. The lowest BCUT2D eigenvalue weighted by atomic mass is 10.5. The molecule has 0 aromatic rings. The van der Waals surface area contributed by atoms with Gasteiger partial charge in [0.1, 0.15) is 0 Å². The van der Waals surface area contributed by atoms with Crippen LogP contribution < -0.4 is 0 Å². The molecule has 0 aromatic carbocycles. The van der Waals surface area contributed by atoms with Crippen LogP contribution in [0, 0.1) is 0 Å². The SMILES string of the molecule is C[C@@H](O)CSC1=C(SC[C@@H](C)O)SC(=C2SC3=C(SCCS3)S2)S1. The molecule has 134 valence electrons.